The Balaban J connectivity index is 2.09. The Morgan fingerprint density at radius 3 is 3.12 bits per heavy atom. The molecule has 1 aromatic carbocycles. The summed E-state index contributed by atoms with van der Waals surface area (Å²) in [5.74, 6) is 0.0352. The highest BCUT2D eigenvalue weighted by molar-refractivity contribution is 9.10. The molecule has 0 aromatic heterocycles. The highest BCUT2D eigenvalue weighted by Crippen LogP contribution is 2.15. The number of amides is 1. The van der Waals surface area contributed by atoms with Crippen molar-refractivity contribution in [2.24, 2.45) is 5.73 Å². The van der Waals surface area contributed by atoms with E-state index in [1.165, 1.54) is 0 Å². The molecule has 0 spiro atoms. The molecule has 0 saturated carbocycles. The summed E-state index contributed by atoms with van der Waals surface area (Å²) in [6.07, 6.45) is -0.0418. The summed E-state index contributed by atoms with van der Waals surface area (Å²) in [6, 6.07) is 7.41. The van der Waals surface area contributed by atoms with Crippen molar-refractivity contribution in [2.75, 3.05) is 26.2 Å². The molecule has 1 unspecified atom stereocenters. The van der Waals surface area contributed by atoms with Crippen LogP contribution in [0.4, 0.5) is 0 Å². The summed E-state index contributed by atoms with van der Waals surface area (Å²) in [5, 5.41) is 0. The summed E-state index contributed by atoms with van der Waals surface area (Å²) >= 11 is 3.36. The van der Waals surface area contributed by atoms with E-state index in [9.17, 15) is 4.79 Å². The molecule has 1 atom stereocenters. The Hall–Kier alpha value is -0.910. The number of carbonyl (C=O) groups is 1. The van der Waals surface area contributed by atoms with E-state index in [1.54, 1.807) is 4.90 Å². The van der Waals surface area contributed by atoms with E-state index in [4.69, 9.17) is 10.5 Å². The van der Waals surface area contributed by atoms with Crippen molar-refractivity contribution < 1.29 is 9.53 Å². The lowest BCUT2D eigenvalue weighted by Crippen LogP contribution is -2.48. The van der Waals surface area contributed by atoms with E-state index in [1.807, 2.05) is 24.3 Å². The van der Waals surface area contributed by atoms with E-state index < -0.39 is 0 Å². The minimum Gasteiger partial charge on any atom is -0.373 e. The van der Waals surface area contributed by atoms with Gasteiger partial charge in [0.05, 0.1) is 12.7 Å². The first-order chi connectivity index (χ1) is 8.20. The quantitative estimate of drug-likeness (QED) is 0.894. The van der Waals surface area contributed by atoms with Crippen LogP contribution >= 0.6 is 15.9 Å². The van der Waals surface area contributed by atoms with Gasteiger partial charge in [0, 0.05) is 29.7 Å². The molecule has 1 amide bonds. The van der Waals surface area contributed by atoms with Crippen LogP contribution in [-0.4, -0.2) is 43.2 Å². The van der Waals surface area contributed by atoms with E-state index in [-0.39, 0.29) is 12.0 Å². The van der Waals surface area contributed by atoms with Gasteiger partial charge < -0.3 is 15.4 Å². The van der Waals surface area contributed by atoms with Crippen LogP contribution in [0.15, 0.2) is 28.7 Å². The predicted molar refractivity (Wildman–Crippen MR) is 68.8 cm³/mol. The maximum atomic E-state index is 12.2. The van der Waals surface area contributed by atoms with E-state index >= 15 is 0 Å². The second kappa shape index (κ2) is 5.62. The number of hydrogen-bond acceptors (Lipinski definition) is 3. The standard InChI is InChI=1S/C12H15BrN2O2/c13-10-3-1-2-9(6-10)12(16)15-4-5-17-11(7-14)8-15/h1-3,6,11H,4-5,7-8,14H2. The lowest BCUT2D eigenvalue weighted by atomic mass is 10.1. The van der Waals surface area contributed by atoms with Crippen molar-refractivity contribution in [1.82, 2.24) is 4.90 Å². The first kappa shape index (κ1) is 12.5. The first-order valence-electron chi connectivity index (χ1n) is 5.57. The van der Waals surface area contributed by atoms with E-state index in [0.717, 1.165) is 4.47 Å². The smallest absolute Gasteiger partial charge is 0.254 e. The highest BCUT2D eigenvalue weighted by Gasteiger charge is 2.24. The van der Waals surface area contributed by atoms with Crippen LogP contribution in [0.1, 0.15) is 10.4 Å². The zero-order chi connectivity index (χ0) is 12.3. The lowest BCUT2D eigenvalue weighted by Gasteiger charge is -2.32. The van der Waals surface area contributed by atoms with E-state index in [2.05, 4.69) is 15.9 Å². The third kappa shape index (κ3) is 3.06. The minimum atomic E-state index is -0.0418. The Morgan fingerprint density at radius 1 is 1.59 bits per heavy atom. The first-order valence-corrected chi connectivity index (χ1v) is 6.36. The van der Waals surface area contributed by atoms with E-state index in [0.29, 0.717) is 31.8 Å². The van der Waals surface area contributed by atoms with Crippen LogP contribution in [0.5, 0.6) is 0 Å². The maximum Gasteiger partial charge on any atom is 0.254 e. The van der Waals surface area contributed by atoms with Crippen molar-refractivity contribution in [3.05, 3.63) is 34.3 Å². The summed E-state index contributed by atoms with van der Waals surface area (Å²) in [5.41, 5.74) is 6.25. The summed E-state index contributed by atoms with van der Waals surface area (Å²) in [6.45, 7) is 2.20. The fourth-order valence-corrected chi connectivity index (χ4v) is 2.25. The molecule has 2 rings (SSSR count). The van der Waals surface area contributed by atoms with Crippen LogP contribution in [0.25, 0.3) is 0 Å². The van der Waals surface area contributed by atoms with Crippen molar-refractivity contribution >= 4 is 21.8 Å². The number of hydrogen-bond donors (Lipinski definition) is 1. The molecular weight excluding hydrogens is 284 g/mol. The molecule has 1 aliphatic heterocycles. The van der Waals surface area contributed by atoms with Gasteiger partial charge in [0.15, 0.2) is 0 Å². The zero-order valence-electron chi connectivity index (χ0n) is 9.43. The van der Waals surface area contributed by atoms with Gasteiger partial charge in [-0.15, -0.1) is 0 Å². The lowest BCUT2D eigenvalue weighted by molar-refractivity contribution is -0.0167. The molecule has 17 heavy (non-hydrogen) atoms. The summed E-state index contributed by atoms with van der Waals surface area (Å²) in [7, 11) is 0. The normalized spacial score (nSPS) is 20.4. The van der Waals surface area contributed by atoms with Gasteiger partial charge in [0.2, 0.25) is 0 Å². The molecule has 92 valence electrons. The molecule has 1 fully saturated rings. The Kier molecular flexibility index (Phi) is 4.15. The molecule has 0 bridgehead atoms. The van der Waals surface area contributed by atoms with Crippen LogP contribution in [0.2, 0.25) is 0 Å². The van der Waals surface area contributed by atoms with Gasteiger partial charge in [0.25, 0.3) is 5.91 Å². The number of rotatable bonds is 2. The second-order valence-electron chi connectivity index (χ2n) is 3.99. The maximum absolute atomic E-state index is 12.2. The fraction of sp³-hybridized carbons (Fsp3) is 0.417. The van der Waals surface area contributed by atoms with Crippen molar-refractivity contribution in [1.29, 1.82) is 0 Å². The Bertz CT molecular complexity index is 411. The average molecular weight is 299 g/mol. The molecule has 5 heteroatoms. The fourth-order valence-electron chi connectivity index (χ4n) is 1.85. The number of nitrogens with zero attached hydrogens (tertiary/aromatic N) is 1. The third-order valence-electron chi connectivity index (χ3n) is 2.76. The molecule has 2 N–H and O–H groups in total. The minimum absolute atomic E-state index is 0.0352. The number of benzene rings is 1. The summed E-state index contributed by atoms with van der Waals surface area (Å²) in [4.78, 5) is 14.0. The van der Waals surface area contributed by atoms with Crippen molar-refractivity contribution in [3.8, 4) is 0 Å². The molecule has 0 radical (unpaired) electrons. The topological polar surface area (TPSA) is 55.6 Å². The number of carbonyl (C=O) groups excluding carboxylic acids is 1. The average Bonchev–Trinajstić information content (AvgIpc) is 2.38. The SMILES string of the molecule is NCC1CN(C(=O)c2cccc(Br)c2)CCO1. The number of ether oxygens (including phenoxy) is 1. The zero-order valence-corrected chi connectivity index (χ0v) is 11.0. The Labute approximate surface area is 109 Å². The number of nitrogens with two attached hydrogens (primary N) is 1. The van der Waals surface area contributed by atoms with Gasteiger partial charge >= 0.3 is 0 Å². The van der Waals surface area contributed by atoms with Gasteiger partial charge in [-0.05, 0) is 18.2 Å². The van der Waals surface area contributed by atoms with Gasteiger partial charge in [-0.25, -0.2) is 0 Å². The van der Waals surface area contributed by atoms with Crippen LogP contribution in [-0.2, 0) is 4.74 Å². The molecule has 1 heterocycles. The van der Waals surface area contributed by atoms with Gasteiger partial charge in [-0.1, -0.05) is 22.0 Å². The molecule has 1 aliphatic rings. The number of morpholine rings is 1. The molecule has 1 aromatic rings. The molecular formula is C12H15BrN2O2. The largest absolute Gasteiger partial charge is 0.373 e. The Morgan fingerprint density at radius 2 is 2.41 bits per heavy atom. The van der Waals surface area contributed by atoms with Gasteiger partial charge in [-0.2, -0.15) is 0 Å². The van der Waals surface area contributed by atoms with Crippen LogP contribution in [0.3, 0.4) is 0 Å². The van der Waals surface area contributed by atoms with Gasteiger partial charge in [0.1, 0.15) is 0 Å². The van der Waals surface area contributed by atoms with Crippen LogP contribution in [0, 0.1) is 0 Å². The highest BCUT2D eigenvalue weighted by atomic mass is 79.9. The summed E-state index contributed by atoms with van der Waals surface area (Å²) < 4.78 is 6.35. The van der Waals surface area contributed by atoms with Crippen LogP contribution < -0.4 is 5.73 Å². The predicted octanol–water partition coefficient (Wildman–Crippen LogP) is 1.25. The van der Waals surface area contributed by atoms with Crippen molar-refractivity contribution in [3.63, 3.8) is 0 Å². The monoisotopic (exact) mass is 298 g/mol. The van der Waals surface area contributed by atoms with Gasteiger partial charge in [-0.3, -0.25) is 4.79 Å². The molecule has 1 saturated heterocycles. The molecule has 0 aliphatic carbocycles. The number of halogens is 1. The third-order valence-corrected chi connectivity index (χ3v) is 3.25. The molecule has 4 nitrogen and oxygen atoms in total. The second-order valence-corrected chi connectivity index (χ2v) is 4.91. The van der Waals surface area contributed by atoms with Crippen molar-refractivity contribution in [2.45, 2.75) is 6.10 Å².